The fourth-order valence-corrected chi connectivity index (χ4v) is 2.91. The van der Waals surface area contributed by atoms with Gasteiger partial charge in [-0.25, -0.2) is 0 Å². The smallest absolute Gasteiger partial charge is 0.308 e. The molecule has 7 nitrogen and oxygen atoms in total. The number of hydrogen-bond donors (Lipinski definition) is 2. The first kappa shape index (κ1) is 22.3. The molecular weight excluding hydrogens is 354 g/mol. The third-order valence-electron chi connectivity index (χ3n) is 4.16. The average molecular weight is 386 g/mol. The molecule has 26 heavy (non-hydrogen) atoms. The molecule has 0 aromatic heterocycles. The van der Waals surface area contributed by atoms with Crippen LogP contribution in [0.25, 0.3) is 0 Å². The van der Waals surface area contributed by atoms with E-state index < -0.39 is 12.0 Å². The standard InChI is InChI=1S/C18H31N3O4S/c1-4-5-6-7-15(22)20-18(26)21-10-9-19-17(24)14(21)12-16(23)25-11-8-13(2)3/h13-14H,4-12H2,1-3H3,(H,19,24)(H,20,22,26). The summed E-state index contributed by atoms with van der Waals surface area (Å²) in [6.45, 7) is 7.37. The maximum atomic E-state index is 12.2. The van der Waals surface area contributed by atoms with Crippen LogP contribution in [-0.2, 0) is 19.1 Å². The number of carbonyl (C=O) groups excluding carboxylic acids is 3. The number of amides is 2. The van der Waals surface area contributed by atoms with Crippen molar-refractivity contribution in [2.45, 2.75) is 65.3 Å². The van der Waals surface area contributed by atoms with Gasteiger partial charge in [0.25, 0.3) is 0 Å². The molecule has 0 saturated carbocycles. The van der Waals surface area contributed by atoms with Crippen LogP contribution < -0.4 is 10.6 Å². The van der Waals surface area contributed by atoms with Crippen LogP contribution in [0.4, 0.5) is 0 Å². The van der Waals surface area contributed by atoms with Gasteiger partial charge in [-0.1, -0.05) is 33.6 Å². The van der Waals surface area contributed by atoms with Crippen LogP contribution in [0.15, 0.2) is 0 Å². The number of nitrogens with zero attached hydrogens (tertiary/aromatic N) is 1. The Hall–Kier alpha value is -1.70. The molecule has 1 aliphatic heterocycles. The molecule has 0 aliphatic carbocycles. The Morgan fingerprint density at radius 3 is 2.77 bits per heavy atom. The molecule has 0 aromatic rings. The minimum atomic E-state index is -0.751. The largest absolute Gasteiger partial charge is 0.466 e. The van der Waals surface area contributed by atoms with E-state index in [2.05, 4.69) is 17.6 Å². The maximum Gasteiger partial charge on any atom is 0.308 e. The van der Waals surface area contributed by atoms with Crippen molar-refractivity contribution in [3.8, 4) is 0 Å². The fourth-order valence-electron chi connectivity index (χ4n) is 2.58. The van der Waals surface area contributed by atoms with Gasteiger partial charge in [-0.05, 0) is 31.0 Å². The van der Waals surface area contributed by atoms with E-state index in [-0.39, 0.29) is 23.3 Å². The van der Waals surface area contributed by atoms with E-state index in [1.165, 1.54) is 0 Å². The van der Waals surface area contributed by atoms with Crippen LogP contribution in [0.5, 0.6) is 0 Å². The molecule has 0 spiro atoms. The van der Waals surface area contributed by atoms with Gasteiger partial charge >= 0.3 is 5.97 Å². The summed E-state index contributed by atoms with van der Waals surface area (Å²) in [5, 5.41) is 5.60. The number of carbonyl (C=O) groups is 3. The maximum absolute atomic E-state index is 12.2. The number of esters is 1. The molecule has 1 unspecified atom stereocenters. The number of thiocarbonyl (C=S) groups is 1. The van der Waals surface area contributed by atoms with Crippen molar-refractivity contribution in [3.63, 3.8) is 0 Å². The SMILES string of the molecule is CCCCCC(=O)NC(=S)N1CCNC(=O)C1CC(=O)OCCC(C)C. The molecule has 0 aromatic carbocycles. The van der Waals surface area contributed by atoms with E-state index in [1.54, 1.807) is 4.90 Å². The Balaban J connectivity index is 2.57. The second-order valence-electron chi connectivity index (χ2n) is 6.92. The monoisotopic (exact) mass is 385 g/mol. The molecule has 0 radical (unpaired) electrons. The Bertz CT molecular complexity index is 511. The van der Waals surface area contributed by atoms with Crippen molar-refractivity contribution in [3.05, 3.63) is 0 Å². The number of hydrogen-bond acceptors (Lipinski definition) is 5. The van der Waals surface area contributed by atoms with Crippen LogP contribution >= 0.6 is 12.2 Å². The van der Waals surface area contributed by atoms with Crippen molar-refractivity contribution in [2.75, 3.05) is 19.7 Å². The topological polar surface area (TPSA) is 87.7 Å². The van der Waals surface area contributed by atoms with E-state index in [4.69, 9.17) is 17.0 Å². The van der Waals surface area contributed by atoms with Gasteiger partial charge in [0, 0.05) is 19.5 Å². The molecule has 8 heteroatoms. The van der Waals surface area contributed by atoms with Crippen LogP contribution in [0.2, 0.25) is 0 Å². The highest BCUT2D eigenvalue weighted by molar-refractivity contribution is 7.80. The van der Waals surface area contributed by atoms with Crippen molar-refractivity contribution < 1.29 is 19.1 Å². The summed E-state index contributed by atoms with van der Waals surface area (Å²) >= 11 is 5.30. The minimum Gasteiger partial charge on any atom is -0.466 e. The molecule has 2 amide bonds. The molecule has 1 saturated heterocycles. The fraction of sp³-hybridized carbons (Fsp3) is 0.778. The summed E-state index contributed by atoms with van der Waals surface area (Å²) in [5.41, 5.74) is 0. The van der Waals surface area contributed by atoms with Gasteiger partial charge in [-0.15, -0.1) is 0 Å². The summed E-state index contributed by atoms with van der Waals surface area (Å²) in [6, 6.07) is -0.751. The highest BCUT2D eigenvalue weighted by Gasteiger charge is 2.34. The lowest BCUT2D eigenvalue weighted by atomic mass is 10.1. The molecule has 2 N–H and O–H groups in total. The lowest BCUT2D eigenvalue weighted by molar-refractivity contribution is -0.147. The van der Waals surface area contributed by atoms with Crippen molar-refractivity contribution >= 4 is 35.1 Å². The van der Waals surface area contributed by atoms with Gasteiger partial charge in [0.1, 0.15) is 6.04 Å². The third kappa shape index (κ3) is 8.12. The average Bonchev–Trinajstić information content (AvgIpc) is 2.56. The van der Waals surface area contributed by atoms with Gasteiger partial charge in [-0.3, -0.25) is 14.4 Å². The van der Waals surface area contributed by atoms with Crippen LogP contribution in [0, 0.1) is 5.92 Å². The van der Waals surface area contributed by atoms with E-state index in [9.17, 15) is 14.4 Å². The highest BCUT2D eigenvalue weighted by atomic mass is 32.1. The molecule has 148 valence electrons. The zero-order valence-corrected chi connectivity index (χ0v) is 16.8. The number of rotatable bonds is 9. The summed E-state index contributed by atoms with van der Waals surface area (Å²) in [5.74, 6) is -0.435. The summed E-state index contributed by atoms with van der Waals surface area (Å²) in [6.07, 6.45) is 3.91. The van der Waals surface area contributed by atoms with Gasteiger partial charge in [-0.2, -0.15) is 0 Å². The second-order valence-corrected chi connectivity index (χ2v) is 7.30. The Kier molecular flexibility index (Phi) is 10.2. The van der Waals surface area contributed by atoms with Crippen molar-refractivity contribution in [2.24, 2.45) is 5.92 Å². The number of ether oxygens (including phenoxy) is 1. The van der Waals surface area contributed by atoms with Gasteiger partial charge in [0.05, 0.1) is 13.0 Å². The molecule has 1 fully saturated rings. The first-order valence-corrected chi connectivity index (χ1v) is 9.79. The molecular formula is C18H31N3O4S. The molecule has 1 aliphatic rings. The van der Waals surface area contributed by atoms with Gasteiger partial charge in [0.15, 0.2) is 5.11 Å². The third-order valence-corrected chi connectivity index (χ3v) is 4.50. The van der Waals surface area contributed by atoms with E-state index in [0.717, 1.165) is 25.7 Å². The summed E-state index contributed by atoms with van der Waals surface area (Å²) in [7, 11) is 0. The minimum absolute atomic E-state index is 0.0875. The van der Waals surface area contributed by atoms with E-state index in [1.807, 2.05) is 13.8 Å². The predicted octanol–water partition coefficient (Wildman–Crippen LogP) is 1.75. The molecule has 1 heterocycles. The number of unbranched alkanes of at least 4 members (excludes halogenated alkanes) is 2. The first-order valence-electron chi connectivity index (χ1n) is 9.38. The predicted molar refractivity (Wildman–Crippen MR) is 103 cm³/mol. The summed E-state index contributed by atoms with van der Waals surface area (Å²) < 4.78 is 5.20. The lowest BCUT2D eigenvalue weighted by Crippen LogP contribution is -2.60. The second kappa shape index (κ2) is 11.8. The molecule has 1 atom stereocenters. The highest BCUT2D eigenvalue weighted by Crippen LogP contribution is 2.11. The Labute approximate surface area is 161 Å². The Morgan fingerprint density at radius 2 is 2.12 bits per heavy atom. The zero-order valence-electron chi connectivity index (χ0n) is 16.0. The van der Waals surface area contributed by atoms with Crippen LogP contribution in [-0.4, -0.2) is 53.5 Å². The zero-order chi connectivity index (χ0) is 19.5. The van der Waals surface area contributed by atoms with Crippen LogP contribution in [0.3, 0.4) is 0 Å². The summed E-state index contributed by atoms with van der Waals surface area (Å²) in [4.78, 5) is 37.8. The number of piperazine rings is 1. The van der Waals surface area contributed by atoms with E-state index >= 15 is 0 Å². The van der Waals surface area contributed by atoms with Gasteiger partial charge < -0.3 is 20.3 Å². The first-order chi connectivity index (χ1) is 12.3. The molecule has 1 rings (SSSR count). The van der Waals surface area contributed by atoms with Gasteiger partial charge in [0.2, 0.25) is 11.8 Å². The molecule has 0 bridgehead atoms. The normalized spacial score (nSPS) is 17.0. The van der Waals surface area contributed by atoms with Crippen molar-refractivity contribution in [1.29, 1.82) is 0 Å². The van der Waals surface area contributed by atoms with E-state index in [0.29, 0.717) is 32.0 Å². The van der Waals surface area contributed by atoms with Crippen molar-refractivity contribution in [1.82, 2.24) is 15.5 Å². The lowest BCUT2D eigenvalue weighted by Gasteiger charge is -2.36. The number of nitrogens with one attached hydrogen (secondary N) is 2. The van der Waals surface area contributed by atoms with Crippen LogP contribution in [0.1, 0.15) is 59.3 Å². The quantitative estimate of drug-likeness (QED) is 0.357. The Morgan fingerprint density at radius 1 is 1.38 bits per heavy atom.